The molecule has 2 aromatic heterocycles. The van der Waals surface area contributed by atoms with Crippen LogP contribution in [0.4, 0.5) is 9.18 Å². The van der Waals surface area contributed by atoms with Gasteiger partial charge in [0.15, 0.2) is 5.65 Å². The predicted molar refractivity (Wildman–Crippen MR) is 93.0 cm³/mol. The van der Waals surface area contributed by atoms with Gasteiger partial charge >= 0.3 is 17.7 Å². The Morgan fingerprint density at radius 3 is 2.77 bits per heavy atom. The molecule has 0 aliphatic carbocycles. The first-order valence-corrected chi connectivity index (χ1v) is 7.90. The molecular weight excluding hydrogens is 365 g/mol. The first-order valence-electron chi connectivity index (χ1n) is 7.52. The highest BCUT2D eigenvalue weighted by Gasteiger charge is 2.20. The summed E-state index contributed by atoms with van der Waals surface area (Å²) >= 11 is 5.64. The van der Waals surface area contributed by atoms with Gasteiger partial charge in [-0.25, -0.2) is 19.0 Å². The molecule has 0 fully saturated rings. The SMILES string of the molecule is CN(C)C(=O)n1c(=O)n(C)c2cnc(OCc3ccc(Cl)c(F)c3)nc21. The predicted octanol–water partition coefficient (Wildman–Crippen LogP) is 2.03. The van der Waals surface area contributed by atoms with Crippen LogP contribution in [0.3, 0.4) is 0 Å². The lowest BCUT2D eigenvalue weighted by atomic mass is 10.2. The van der Waals surface area contributed by atoms with E-state index in [9.17, 15) is 14.0 Å². The number of rotatable bonds is 3. The zero-order chi connectivity index (χ0) is 19.0. The van der Waals surface area contributed by atoms with E-state index in [1.54, 1.807) is 6.07 Å². The molecule has 136 valence electrons. The van der Waals surface area contributed by atoms with Gasteiger partial charge in [-0.1, -0.05) is 17.7 Å². The van der Waals surface area contributed by atoms with Crippen molar-refractivity contribution in [2.45, 2.75) is 6.61 Å². The van der Waals surface area contributed by atoms with E-state index in [-0.39, 0.29) is 23.3 Å². The van der Waals surface area contributed by atoms with Crippen LogP contribution in [0.2, 0.25) is 5.02 Å². The number of carbonyl (C=O) groups excluding carboxylic acids is 1. The number of aryl methyl sites for hydroxylation is 1. The number of aromatic nitrogens is 4. The van der Waals surface area contributed by atoms with E-state index in [0.29, 0.717) is 11.1 Å². The highest BCUT2D eigenvalue weighted by Crippen LogP contribution is 2.18. The van der Waals surface area contributed by atoms with Crippen molar-refractivity contribution in [3.8, 4) is 6.01 Å². The third-order valence-electron chi connectivity index (χ3n) is 3.71. The second-order valence-corrected chi connectivity index (χ2v) is 6.16. The maximum atomic E-state index is 13.5. The van der Waals surface area contributed by atoms with Crippen molar-refractivity contribution < 1.29 is 13.9 Å². The molecular formula is C16H15ClFN5O3. The van der Waals surface area contributed by atoms with Crippen LogP contribution in [0.25, 0.3) is 11.2 Å². The number of carbonyl (C=O) groups is 1. The highest BCUT2D eigenvalue weighted by atomic mass is 35.5. The van der Waals surface area contributed by atoms with Crippen molar-refractivity contribution in [1.29, 1.82) is 0 Å². The van der Waals surface area contributed by atoms with Crippen LogP contribution in [0.5, 0.6) is 6.01 Å². The van der Waals surface area contributed by atoms with E-state index in [1.165, 1.54) is 48.9 Å². The van der Waals surface area contributed by atoms with E-state index in [2.05, 4.69) is 9.97 Å². The summed E-state index contributed by atoms with van der Waals surface area (Å²) in [5.74, 6) is -0.558. The minimum Gasteiger partial charge on any atom is -0.459 e. The molecule has 0 N–H and O–H groups in total. The molecule has 0 radical (unpaired) electrons. The van der Waals surface area contributed by atoms with Gasteiger partial charge in [0.2, 0.25) is 0 Å². The minimum absolute atomic E-state index is 0.00170. The molecule has 0 unspecified atom stereocenters. The van der Waals surface area contributed by atoms with Gasteiger partial charge in [0.05, 0.1) is 11.2 Å². The van der Waals surface area contributed by atoms with E-state index in [0.717, 1.165) is 4.57 Å². The van der Waals surface area contributed by atoms with Gasteiger partial charge in [-0.05, 0) is 17.7 Å². The van der Waals surface area contributed by atoms with Crippen LogP contribution < -0.4 is 10.4 Å². The number of ether oxygens (including phenoxy) is 1. The van der Waals surface area contributed by atoms with Crippen molar-refractivity contribution >= 4 is 28.8 Å². The summed E-state index contributed by atoms with van der Waals surface area (Å²) in [6.07, 6.45) is 1.39. The Bertz CT molecular complexity index is 1060. The number of amides is 1. The summed E-state index contributed by atoms with van der Waals surface area (Å²) < 4.78 is 21.1. The molecule has 0 saturated heterocycles. The summed E-state index contributed by atoms with van der Waals surface area (Å²) in [5, 5.41) is 0.0157. The minimum atomic E-state index is -0.558. The Kier molecular flexibility index (Phi) is 4.64. The second-order valence-electron chi connectivity index (χ2n) is 5.75. The number of benzene rings is 1. The fraction of sp³-hybridized carbons (Fsp3) is 0.250. The Morgan fingerprint density at radius 1 is 1.38 bits per heavy atom. The van der Waals surface area contributed by atoms with Crippen molar-refractivity contribution in [2.75, 3.05) is 14.1 Å². The van der Waals surface area contributed by atoms with Gasteiger partial charge in [0, 0.05) is 21.1 Å². The monoisotopic (exact) mass is 379 g/mol. The Labute approximate surface area is 152 Å². The molecule has 0 bridgehead atoms. The van der Waals surface area contributed by atoms with E-state index in [1.807, 2.05) is 0 Å². The van der Waals surface area contributed by atoms with Gasteiger partial charge in [-0.3, -0.25) is 4.57 Å². The normalized spacial score (nSPS) is 11.0. The second kappa shape index (κ2) is 6.75. The van der Waals surface area contributed by atoms with Crippen LogP contribution in [0.15, 0.2) is 29.2 Å². The standard InChI is InChI=1S/C16H15ClFN5O3/c1-21(2)15(24)23-13-12(22(3)16(23)25)7-19-14(20-13)26-8-9-4-5-10(17)11(18)6-9/h4-7H,8H2,1-3H3. The maximum Gasteiger partial charge on any atom is 0.338 e. The molecule has 0 atom stereocenters. The van der Waals surface area contributed by atoms with Gasteiger partial charge in [0.25, 0.3) is 0 Å². The van der Waals surface area contributed by atoms with Crippen molar-refractivity contribution in [2.24, 2.45) is 7.05 Å². The van der Waals surface area contributed by atoms with Gasteiger partial charge in [-0.15, -0.1) is 0 Å². The molecule has 0 aliphatic heterocycles. The smallest absolute Gasteiger partial charge is 0.338 e. The first-order chi connectivity index (χ1) is 12.3. The third-order valence-corrected chi connectivity index (χ3v) is 4.01. The topological polar surface area (TPSA) is 82.2 Å². The Hall–Kier alpha value is -2.94. The van der Waals surface area contributed by atoms with E-state index >= 15 is 0 Å². The summed E-state index contributed by atoms with van der Waals surface area (Å²) in [6, 6.07) is 3.70. The van der Waals surface area contributed by atoms with E-state index < -0.39 is 17.5 Å². The molecule has 0 aliphatic rings. The Morgan fingerprint density at radius 2 is 2.12 bits per heavy atom. The largest absolute Gasteiger partial charge is 0.459 e. The molecule has 2 heterocycles. The molecule has 1 aromatic carbocycles. The van der Waals surface area contributed by atoms with Gasteiger partial charge in [-0.2, -0.15) is 9.55 Å². The fourth-order valence-corrected chi connectivity index (χ4v) is 2.43. The first kappa shape index (κ1) is 17.9. The zero-order valence-corrected chi connectivity index (χ0v) is 15.0. The van der Waals surface area contributed by atoms with Crippen molar-refractivity contribution in [1.82, 2.24) is 24.0 Å². The molecule has 0 spiro atoms. The molecule has 0 saturated carbocycles. The van der Waals surface area contributed by atoms with Crippen LogP contribution in [0, 0.1) is 5.82 Å². The highest BCUT2D eigenvalue weighted by molar-refractivity contribution is 6.30. The van der Waals surface area contributed by atoms with Crippen molar-refractivity contribution in [3.05, 3.63) is 51.3 Å². The maximum absolute atomic E-state index is 13.5. The Balaban J connectivity index is 1.95. The number of imidazole rings is 1. The lowest BCUT2D eigenvalue weighted by Gasteiger charge is -2.10. The van der Waals surface area contributed by atoms with Crippen LogP contribution in [-0.4, -0.2) is 44.1 Å². The van der Waals surface area contributed by atoms with E-state index in [4.69, 9.17) is 16.3 Å². The number of halogens is 2. The van der Waals surface area contributed by atoms with Crippen LogP contribution >= 0.6 is 11.6 Å². The van der Waals surface area contributed by atoms with Crippen LogP contribution in [0.1, 0.15) is 5.56 Å². The molecule has 3 rings (SSSR count). The average Bonchev–Trinajstić information content (AvgIpc) is 2.86. The molecule has 10 heteroatoms. The third kappa shape index (κ3) is 3.13. The fourth-order valence-electron chi connectivity index (χ4n) is 2.31. The van der Waals surface area contributed by atoms with Crippen molar-refractivity contribution in [3.63, 3.8) is 0 Å². The quantitative estimate of drug-likeness (QED) is 0.695. The summed E-state index contributed by atoms with van der Waals surface area (Å²) in [6.45, 7) is -0.00170. The summed E-state index contributed by atoms with van der Waals surface area (Å²) in [7, 11) is 4.58. The van der Waals surface area contributed by atoms with Crippen LogP contribution in [-0.2, 0) is 13.7 Å². The summed E-state index contributed by atoms with van der Waals surface area (Å²) in [4.78, 5) is 34.0. The van der Waals surface area contributed by atoms with Gasteiger partial charge < -0.3 is 9.64 Å². The number of fused-ring (bicyclic) bond motifs is 1. The lowest BCUT2D eigenvalue weighted by Crippen LogP contribution is -2.35. The van der Waals surface area contributed by atoms with Gasteiger partial charge in [0.1, 0.15) is 17.9 Å². The molecule has 1 amide bonds. The number of nitrogens with zero attached hydrogens (tertiary/aromatic N) is 5. The lowest BCUT2D eigenvalue weighted by molar-refractivity contribution is 0.219. The average molecular weight is 380 g/mol. The molecule has 26 heavy (non-hydrogen) atoms. The molecule has 3 aromatic rings. The summed E-state index contributed by atoms with van der Waals surface area (Å²) in [5.41, 5.74) is 0.508. The zero-order valence-electron chi connectivity index (χ0n) is 14.2. The number of hydrogen-bond acceptors (Lipinski definition) is 5. The molecule has 8 nitrogen and oxygen atoms in total. The number of hydrogen-bond donors (Lipinski definition) is 0.